The molecular weight excluding hydrogens is 209 g/mol. The number of amides is 1. The first kappa shape index (κ1) is 12.3. The number of nitrogens with one attached hydrogen (secondary N) is 1. The van der Waals surface area contributed by atoms with Gasteiger partial charge in [-0.05, 0) is 19.4 Å². The van der Waals surface area contributed by atoms with Gasteiger partial charge in [0, 0.05) is 6.54 Å². The van der Waals surface area contributed by atoms with Gasteiger partial charge in [0.25, 0.3) is 0 Å². The quantitative estimate of drug-likeness (QED) is 0.780. The van der Waals surface area contributed by atoms with Crippen LogP contribution < -0.4 is 5.32 Å². The van der Waals surface area contributed by atoms with E-state index in [-0.39, 0.29) is 6.54 Å². The smallest absolute Gasteiger partial charge is 0.332 e. The topological polar surface area (TPSA) is 32.3 Å². The van der Waals surface area contributed by atoms with Crippen LogP contribution in [0.15, 0.2) is 0 Å². The Morgan fingerprint density at radius 1 is 1.53 bits per heavy atom. The maximum atomic E-state index is 12.1. The Morgan fingerprint density at radius 3 is 2.73 bits per heavy atom. The fourth-order valence-corrected chi connectivity index (χ4v) is 1.75. The van der Waals surface area contributed by atoms with E-state index >= 15 is 0 Å². The summed E-state index contributed by atoms with van der Waals surface area (Å²) in [4.78, 5) is 12.4. The van der Waals surface area contributed by atoms with Crippen molar-refractivity contribution in [3.05, 3.63) is 0 Å². The number of rotatable bonds is 3. The molecule has 15 heavy (non-hydrogen) atoms. The van der Waals surface area contributed by atoms with Gasteiger partial charge in [0.15, 0.2) is 0 Å². The molecular formula is C9H15F3N2O. The maximum absolute atomic E-state index is 12.1. The van der Waals surface area contributed by atoms with Gasteiger partial charge in [-0.1, -0.05) is 6.92 Å². The molecule has 1 unspecified atom stereocenters. The highest BCUT2D eigenvalue weighted by Crippen LogP contribution is 2.20. The van der Waals surface area contributed by atoms with Gasteiger partial charge < -0.3 is 10.2 Å². The number of carbonyl (C=O) groups is 1. The summed E-state index contributed by atoms with van der Waals surface area (Å²) in [6, 6.07) is -0.439. The van der Waals surface area contributed by atoms with Gasteiger partial charge in [0.05, 0.1) is 6.04 Å². The molecule has 0 bridgehead atoms. The fraction of sp³-hybridized carbons (Fsp3) is 0.889. The third kappa shape index (κ3) is 3.70. The number of hydrogen-bond donors (Lipinski definition) is 1. The SMILES string of the molecule is CCNC1CCCN(CC(F)(F)F)C1=O. The normalized spacial score (nSPS) is 23.3. The average Bonchev–Trinajstić information content (AvgIpc) is 2.10. The lowest BCUT2D eigenvalue weighted by Crippen LogP contribution is -2.52. The lowest BCUT2D eigenvalue weighted by atomic mass is 10.0. The molecule has 1 rings (SSSR count). The Bertz CT molecular complexity index is 228. The second kappa shape index (κ2) is 4.83. The summed E-state index contributed by atoms with van der Waals surface area (Å²) in [5, 5.41) is 2.89. The zero-order valence-electron chi connectivity index (χ0n) is 8.60. The van der Waals surface area contributed by atoms with E-state index in [1.54, 1.807) is 0 Å². The third-order valence-corrected chi connectivity index (χ3v) is 2.35. The maximum Gasteiger partial charge on any atom is 0.406 e. The Labute approximate surface area is 86.6 Å². The predicted molar refractivity (Wildman–Crippen MR) is 49.3 cm³/mol. The number of nitrogens with zero attached hydrogens (tertiary/aromatic N) is 1. The largest absolute Gasteiger partial charge is 0.406 e. The van der Waals surface area contributed by atoms with Crippen LogP contribution in [-0.2, 0) is 4.79 Å². The molecule has 1 fully saturated rings. The van der Waals surface area contributed by atoms with Gasteiger partial charge in [-0.15, -0.1) is 0 Å². The van der Waals surface area contributed by atoms with Crippen LogP contribution in [0.1, 0.15) is 19.8 Å². The minimum Gasteiger partial charge on any atom is -0.332 e. The van der Waals surface area contributed by atoms with Gasteiger partial charge in [-0.3, -0.25) is 4.79 Å². The minimum atomic E-state index is -4.30. The minimum absolute atomic E-state index is 0.209. The van der Waals surface area contributed by atoms with Crippen molar-refractivity contribution in [3.8, 4) is 0 Å². The lowest BCUT2D eigenvalue weighted by Gasteiger charge is -2.32. The van der Waals surface area contributed by atoms with Crippen LogP contribution in [0.5, 0.6) is 0 Å². The highest BCUT2D eigenvalue weighted by molar-refractivity contribution is 5.82. The molecule has 0 aromatic heterocycles. The molecule has 0 radical (unpaired) electrons. The molecule has 0 aromatic carbocycles. The van der Waals surface area contributed by atoms with Crippen molar-refractivity contribution < 1.29 is 18.0 Å². The summed E-state index contributed by atoms with van der Waals surface area (Å²) in [6.07, 6.45) is -3.05. The van der Waals surface area contributed by atoms with Crippen LogP contribution >= 0.6 is 0 Å². The molecule has 1 amide bonds. The molecule has 1 aliphatic heterocycles. The van der Waals surface area contributed by atoms with Crippen LogP contribution in [0.2, 0.25) is 0 Å². The Balaban J connectivity index is 2.55. The zero-order chi connectivity index (χ0) is 11.5. The number of piperidine rings is 1. The molecule has 0 spiro atoms. The van der Waals surface area contributed by atoms with Gasteiger partial charge in [0.2, 0.25) is 5.91 Å². The van der Waals surface area contributed by atoms with Crippen LogP contribution in [0.25, 0.3) is 0 Å². The van der Waals surface area contributed by atoms with Gasteiger partial charge in [-0.25, -0.2) is 0 Å². The first-order valence-electron chi connectivity index (χ1n) is 5.03. The summed E-state index contributed by atoms with van der Waals surface area (Å²) < 4.78 is 36.3. The standard InChI is InChI=1S/C9H15F3N2O/c1-2-13-7-4-3-5-14(8(7)15)6-9(10,11)12/h7,13H,2-6H2,1H3. The van der Waals surface area contributed by atoms with E-state index < -0.39 is 24.7 Å². The molecule has 0 aliphatic carbocycles. The summed E-state index contributed by atoms with van der Waals surface area (Å²) in [5.41, 5.74) is 0. The van der Waals surface area contributed by atoms with E-state index in [0.29, 0.717) is 19.4 Å². The number of hydrogen-bond acceptors (Lipinski definition) is 2. The number of likely N-dealkylation sites (tertiary alicyclic amines) is 1. The Kier molecular flexibility index (Phi) is 3.96. The second-order valence-corrected chi connectivity index (χ2v) is 3.63. The van der Waals surface area contributed by atoms with Crippen molar-refractivity contribution in [2.24, 2.45) is 0 Å². The Morgan fingerprint density at radius 2 is 2.20 bits per heavy atom. The molecule has 1 atom stereocenters. The molecule has 1 aliphatic rings. The number of halogens is 3. The molecule has 0 saturated carbocycles. The van der Waals surface area contributed by atoms with Crippen molar-refractivity contribution in [1.29, 1.82) is 0 Å². The summed E-state index contributed by atoms with van der Waals surface area (Å²) in [5.74, 6) is -0.430. The van der Waals surface area contributed by atoms with E-state index in [9.17, 15) is 18.0 Å². The first-order valence-corrected chi connectivity index (χ1v) is 5.03. The van der Waals surface area contributed by atoms with Crippen LogP contribution in [-0.4, -0.2) is 42.7 Å². The lowest BCUT2D eigenvalue weighted by molar-refractivity contribution is -0.165. The highest BCUT2D eigenvalue weighted by Gasteiger charge is 2.36. The second-order valence-electron chi connectivity index (χ2n) is 3.63. The van der Waals surface area contributed by atoms with Crippen LogP contribution in [0.3, 0.4) is 0 Å². The average molecular weight is 224 g/mol. The molecule has 1 N–H and O–H groups in total. The van der Waals surface area contributed by atoms with E-state index in [2.05, 4.69) is 5.32 Å². The summed E-state index contributed by atoms with van der Waals surface area (Å²) in [6.45, 7) is 1.50. The number of likely N-dealkylation sites (N-methyl/N-ethyl adjacent to an activating group) is 1. The van der Waals surface area contributed by atoms with Gasteiger partial charge >= 0.3 is 6.18 Å². The van der Waals surface area contributed by atoms with Crippen LogP contribution in [0.4, 0.5) is 13.2 Å². The van der Waals surface area contributed by atoms with Crippen molar-refractivity contribution in [1.82, 2.24) is 10.2 Å². The predicted octanol–water partition coefficient (Wildman–Crippen LogP) is 1.15. The number of carbonyl (C=O) groups excluding carboxylic acids is 1. The Hall–Kier alpha value is -0.780. The third-order valence-electron chi connectivity index (χ3n) is 2.35. The van der Waals surface area contributed by atoms with E-state index in [1.165, 1.54) is 0 Å². The first-order chi connectivity index (χ1) is 6.94. The molecule has 1 heterocycles. The highest BCUT2D eigenvalue weighted by atomic mass is 19.4. The molecule has 1 saturated heterocycles. The fourth-order valence-electron chi connectivity index (χ4n) is 1.75. The molecule has 88 valence electrons. The number of alkyl halides is 3. The van der Waals surface area contributed by atoms with E-state index in [4.69, 9.17) is 0 Å². The van der Waals surface area contributed by atoms with Gasteiger partial charge in [-0.2, -0.15) is 13.2 Å². The summed E-state index contributed by atoms with van der Waals surface area (Å²) in [7, 11) is 0. The monoisotopic (exact) mass is 224 g/mol. The van der Waals surface area contributed by atoms with Crippen molar-refractivity contribution >= 4 is 5.91 Å². The van der Waals surface area contributed by atoms with E-state index in [1.807, 2.05) is 6.92 Å². The molecule has 6 heteroatoms. The van der Waals surface area contributed by atoms with Crippen molar-refractivity contribution in [3.63, 3.8) is 0 Å². The zero-order valence-corrected chi connectivity index (χ0v) is 8.60. The van der Waals surface area contributed by atoms with Crippen LogP contribution in [0, 0.1) is 0 Å². The summed E-state index contributed by atoms with van der Waals surface area (Å²) >= 11 is 0. The van der Waals surface area contributed by atoms with E-state index in [0.717, 1.165) is 4.90 Å². The molecule has 3 nitrogen and oxygen atoms in total. The van der Waals surface area contributed by atoms with Crippen molar-refractivity contribution in [2.45, 2.75) is 32.0 Å². The van der Waals surface area contributed by atoms with Crippen molar-refractivity contribution in [2.75, 3.05) is 19.6 Å². The van der Waals surface area contributed by atoms with Gasteiger partial charge in [0.1, 0.15) is 6.54 Å². The molecule has 0 aromatic rings.